The molecule has 3 aromatic carbocycles. The SMILES string of the molecule is COc1ccc2c(c1)OC(C(C)C)C(=O)N(C(Cc1ccccc1)C1=COCO1)C2C(=O)Nc1ccccc1. The van der Waals surface area contributed by atoms with Gasteiger partial charge in [-0.2, -0.15) is 0 Å². The second-order valence-corrected chi connectivity index (χ2v) is 9.84. The number of nitrogens with one attached hydrogen (secondary N) is 1. The van der Waals surface area contributed by atoms with E-state index in [2.05, 4.69) is 5.32 Å². The van der Waals surface area contributed by atoms with Crippen LogP contribution in [0.25, 0.3) is 0 Å². The third kappa shape index (κ3) is 5.55. The molecular formula is C31H32N2O6. The molecule has 8 nitrogen and oxygen atoms in total. The van der Waals surface area contributed by atoms with Gasteiger partial charge in [-0.25, -0.2) is 0 Å². The van der Waals surface area contributed by atoms with Crippen molar-refractivity contribution in [3.8, 4) is 11.5 Å². The lowest BCUT2D eigenvalue weighted by molar-refractivity contribution is -0.148. The molecule has 2 heterocycles. The highest BCUT2D eigenvalue weighted by molar-refractivity contribution is 5.99. The molecular weight excluding hydrogens is 496 g/mol. The smallest absolute Gasteiger partial charge is 0.265 e. The van der Waals surface area contributed by atoms with Gasteiger partial charge in [0.25, 0.3) is 11.8 Å². The Bertz CT molecular complexity index is 1340. The molecule has 0 saturated heterocycles. The number of ether oxygens (including phenoxy) is 4. The van der Waals surface area contributed by atoms with Gasteiger partial charge in [0.15, 0.2) is 11.9 Å². The first kappa shape index (κ1) is 26.2. The van der Waals surface area contributed by atoms with E-state index in [9.17, 15) is 9.59 Å². The Morgan fingerprint density at radius 3 is 2.41 bits per heavy atom. The van der Waals surface area contributed by atoms with Gasteiger partial charge in [-0.05, 0) is 35.7 Å². The number of rotatable bonds is 8. The Labute approximate surface area is 228 Å². The highest BCUT2D eigenvalue weighted by Crippen LogP contribution is 2.41. The maximum absolute atomic E-state index is 14.4. The Hall–Kier alpha value is -4.46. The van der Waals surface area contributed by atoms with Gasteiger partial charge in [0, 0.05) is 23.7 Å². The number of nitrogens with zero attached hydrogens (tertiary/aromatic N) is 1. The summed E-state index contributed by atoms with van der Waals surface area (Å²) in [6.45, 7) is 3.89. The number of amides is 2. The number of anilines is 1. The zero-order valence-corrected chi connectivity index (χ0v) is 22.2. The van der Waals surface area contributed by atoms with Gasteiger partial charge in [0.05, 0.1) is 13.2 Å². The molecule has 2 amide bonds. The van der Waals surface area contributed by atoms with Crippen LogP contribution in [0.5, 0.6) is 11.5 Å². The number of para-hydroxylation sites is 1. The molecule has 0 spiro atoms. The molecule has 2 aliphatic heterocycles. The van der Waals surface area contributed by atoms with E-state index in [0.29, 0.717) is 34.9 Å². The summed E-state index contributed by atoms with van der Waals surface area (Å²) in [6.07, 6.45) is 1.09. The summed E-state index contributed by atoms with van der Waals surface area (Å²) in [4.78, 5) is 30.2. The summed E-state index contributed by atoms with van der Waals surface area (Å²) in [7, 11) is 1.56. The summed E-state index contributed by atoms with van der Waals surface area (Å²) in [6, 6.07) is 22.6. The Morgan fingerprint density at radius 2 is 1.77 bits per heavy atom. The predicted molar refractivity (Wildman–Crippen MR) is 146 cm³/mol. The molecule has 0 aromatic heterocycles. The van der Waals surface area contributed by atoms with Crippen molar-refractivity contribution in [3.63, 3.8) is 0 Å². The van der Waals surface area contributed by atoms with Crippen LogP contribution in [0.4, 0.5) is 5.69 Å². The molecule has 3 unspecified atom stereocenters. The van der Waals surface area contributed by atoms with E-state index >= 15 is 0 Å². The van der Waals surface area contributed by atoms with Crippen LogP contribution < -0.4 is 14.8 Å². The first-order valence-electron chi connectivity index (χ1n) is 13.0. The number of methoxy groups -OCH3 is 1. The minimum absolute atomic E-state index is 0.0431. The minimum atomic E-state index is -1.03. The largest absolute Gasteiger partial charge is 0.497 e. The number of benzene rings is 3. The molecule has 0 saturated carbocycles. The minimum Gasteiger partial charge on any atom is -0.497 e. The normalized spacial score (nSPS) is 19.1. The van der Waals surface area contributed by atoms with E-state index < -0.39 is 18.2 Å². The summed E-state index contributed by atoms with van der Waals surface area (Å²) < 4.78 is 23.1. The van der Waals surface area contributed by atoms with Crippen molar-refractivity contribution in [1.29, 1.82) is 0 Å². The van der Waals surface area contributed by atoms with E-state index in [1.807, 2.05) is 62.4 Å². The highest BCUT2D eigenvalue weighted by atomic mass is 16.7. The molecule has 202 valence electrons. The van der Waals surface area contributed by atoms with Crippen LogP contribution in [0.1, 0.15) is 31.0 Å². The van der Waals surface area contributed by atoms with Crippen LogP contribution in [-0.4, -0.2) is 42.8 Å². The fourth-order valence-corrected chi connectivity index (χ4v) is 4.94. The molecule has 0 aliphatic carbocycles. The van der Waals surface area contributed by atoms with Gasteiger partial charge in [-0.3, -0.25) is 9.59 Å². The van der Waals surface area contributed by atoms with E-state index in [1.165, 1.54) is 6.26 Å². The third-order valence-electron chi connectivity index (χ3n) is 6.87. The first-order chi connectivity index (χ1) is 19.0. The molecule has 39 heavy (non-hydrogen) atoms. The Balaban J connectivity index is 1.68. The monoisotopic (exact) mass is 528 g/mol. The predicted octanol–water partition coefficient (Wildman–Crippen LogP) is 5.08. The van der Waals surface area contributed by atoms with Crippen LogP contribution in [0, 0.1) is 5.92 Å². The molecule has 3 aromatic rings. The maximum atomic E-state index is 14.4. The summed E-state index contributed by atoms with van der Waals surface area (Å²) in [5.74, 6) is 0.604. The van der Waals surface area contributed by atoms with Gasteiger partial charge in [-0.15, -0.1) is 0 Å². The fourth-order valence-electron chi connectivity index (χ4n) is 4.94. The van der Waals surface area contributed by atoms with Crippen LogP contribution in [0.15, 0.2) is 90.9 Å². The second-order valence-electron chi connectivity index (χ2n) is 9.84. The van der Waals surface area contributed by atoms with E-state index in [4.69, 9.17) is 18.9 Å². The standard InChI is InChI=1S/C31H32N2O6/c1-20(2)29-31(35)33(25(27-18-37-19-38-27)16-21-10-6-4-7-11-21)28(30(34)32-22-12-8-5-9-13-22)24-15-14-23(36-3)17-26(24)39-29/h4-15,17-18,20,25,28-29H,16,19H2,1-3H3,(H,32,34). The number of hydrogen-bond donors (Lipinski definition) is 1. The molecule has 5 rings (SSSR count). The van der Waals surface area contributed by atoms with Crippen molar-refractivity contribution < 1.29 is 28.5 Å². The number of carbonyl (C=O) groups excluding carboxylic acids is 2. The van der Waals surface area contributed by atoms with Crippen molar-refractivity contribution in [2.45, 2.75) is 38.5 Å². The van der Waals surface area contributed by atoms with Crippen molar-refractivity contribution in [3.05, 3.63) is 102 Å². The first-order valence-corrected chi connectivity index (χ1v) is 13.0. The zero-order chi connectivity index (χ0) is 27.4. The van der Waals surface area contributed by atoms with Crippen LogP contribution in [0.3, 0.4) is 0 Å². The maximum Gasteiger partial charge on any atom is 0.265 e. The second kappa shape index (κ2) is 11.5. The van der Waals surface area contributed by atoms with Crippen molar-refractivity contribution >= 4 is 17.5 Å². The summed E-state index contributed by atoms with van der Waals surface area (Å²) >= 11 is 0. The van der Waals surface area contributed by atoms with Crippen LogP contribution in [0.2, 0.25) is 0 Å². The average molecular weight is 529 g/mol. The molecule has 2 aliphatic rings. The topological polar surface area (TPSA) is 86.3 Å². The zero-order valence-electron chi connectivity index (χ0n) is 22.2. The molecule has 1 N–H and O–H groups in total. The third-order valence-corrected chi connectivity index (χ3v) is 6.87. The Morgan fingerprint density at radius 1 is 1.05 bits per heavy atom. The van der Waals surface area contributed by atoms with Gasteiger partial charge < -0.3 is 29.2 Å². The number of carbonyl (C=O) groups is 2. The fraction of sp³-hybridized carbons (Fsp3) is 0.290. The lowest BCUT2D eigenvalue weighted by atomic mass is 9.95. The van der Waals surface area contributed by atoms with Gasteiger partial charge in [-0.1, -0.05) is 62.4 Å². The lowest BCUT2D eigenvalue weighted by Crippen LogP contribution is -2.53. The average Bonchev–Trinajstić information content (AvgIpc) is 3.45. The Kier molecular flexibility index (Phi) is 7.72. The highest BCUT2D eigenvalue weighted by Gasteiger charge is 2.47. The number of hydrogen-bond acceptors (Lipinski definition) is 6. The molecule has 0 radical (unpaired) electrons. The number of fused-ring (bicyclic) bond motifs is 1. The van der Waals surface area contributed by atoms with Crippen molar-refractivity contribution in [1.82, 2.24) is 4.90 Å². The summed E-state index contributed by atoms with van der Waals surface area (Å²) in [5.41, 5.74) is 2.16. The van der Waals surface area contributed by atoms with Gasteiger partial charge >= 0.3 is 0 Å². The van der Waals surface area contributed by atoms with E-state index in [1.54, 1.807) is 42.3 Å². The van der Waals surface area contributed by atoms with E-state index in [0.717, 1.165) is 5.56 Å². The van der Waals surface area contributed by atoms with Gasteiger partial charge in [0.2, 0.25) is 6.79 Å². The van der Waals surface area contributed by atoms with Gasteiger partial charge in [0.1, 0.15) is 23.8 Å². The lowest BCUT2D eigenvalue weighted by Gasteiger charge is -2.37. The molecule has 0 bridgehead atoms. The van der Waals surface area contributed by atoms with Crippen LogP contribution in [-0.2, 0) is 25.5 Å². The molecule has 3 atom stereocenters. The quantitative estimate of drug-likeness (QED) is 0.439. The van der Waals surface area contributed by atoms with E-state index in [-0.39, 0.29) is 24.5 Å². The van der Waals surface area contributed by atoms with Crippen molar-refractivity contribution in [2.24, 2.45) is 5.92 Å². The molecule has 0 fully saturated rings. The van der Waals surface area contributed by atoms with Crippen molar-refractivity contribution in [2.75, 3.05) is 19.2 Å². The molecule has 8 heteroatoms. The summed E-state index contributed by atoms with van der Waals surface area (Å²) in [5, 5.41) is 3.00. The van der Waals surface area contributed by atoms with Crippen LogP contribution >= 0.6 is 0 Å².